The van der Waals surface area contributed by atoms with Crippen LogP contribution >= 0.6 is 11.3 Å². The average molecular weight is 486 g/mol. The van der Waals surface area contributed by atoms with Gasteiger partial charge in [0.2, 0.25) is 0 Å². The number of hydrogen-bond donors (Lipinski definition) is 3. The normalized spacial score (nSPS) is 9.27. The third kappa shape index (κ3) is 25.9. The monoisotopic (exact) mass is 485 g/mol. The summed E-state index contributed by atoms with van der Waals surface area (Å²) in [7, 11) is 4.99. The van der Waals surface area contributed by atoms with E-state index in [0.29, 0.717) is 0 Å². The molecule has 0 bridgehead atoms. The summed E-state index contributed by atoms with van der Waals surface area (Å²) in [6.45, 7) is 14.2. The van der Waals surface area contributed by atoms with Crippen LogP contribution in [0.25, 0.3) is 10.6 Å². The molecule has 0 saturated carbocycles. The second-order valence-electron chi connectivity index (χ2n) is 5.66. The number of hydroxylamine groups is 1. The van der Waals surface area contributed by atoms with Crippen LogP contribution in [-0.4, -0.2) is 47.1 Å². The van der Waals surface area contributed by atoms with Gasteiger partial charge in [-0.05, 0) is 50.6 Å². The molecule has 0 spiro atoms. The molecular formula is C25H47N3O4S. The van der Waals surface area contributed by atoms with E-state index in [4.69, 9.17) is 15.1 Å². The van der Waals surface area contributed by atoms with Gasteiger partial charge in [-0.1, -0.05) is 47.1 Å². The third-order valence-electron chi connectivity index (χ3n) is 2.68. The fourth-order valence-corrected chi connectivity index (χ4v) is 2.47. The molecule has 2 aromatic rings. The van der Waals surface area contributed by atoms with Gasteiger partial charge in [-0.25, -0.2) is 5.48 Å². The molecule has 7 nitrogen and oxygen atoms in total. The molecule has 8 heteroatoms. The van der Waals surface area contributed by atoms with Gasteiger partial charge in [-0.3, -0.25) is 9.48 Å². The SMILES string of the molecule is C/C=C\C(=C/CC)OC.CC.CCC.CCO.CNO.Cn1ccc(-c2ccc(C=O)s2)n1. The lowest BCUT2D eigenvalue weighted by Crippen LogP contribution is -1.91. The first-order valence-electron chi connectivity index (χ1n) is 11.2. The van der Waals surface area contributed by atoms with Gasteiger partial charge in [0.1, 0.15) is 11.5 Å². The Labute approximate surface area is 205 Å². The second kappa shape index (κ2) is 31.9. The predicted octanol–water partition coefficient (Wildman–Crippen LogP) is 6.50. The van der Waals surface area contributed by atoms with E-state index in [1.54, 1.807) is 24.2 Å². The Hall–Kier alpha value is -2.26. The van der Waals surface area contributed by atoms with E-state index in [-0.39, 0.29) is 6.61 Å². The highest BCUT2D eigenvalue weighted by Crippen LogP contribution is 2.25. The lowest BCUT2D eigenvalue weighted by atomic mass is 10.3. The number of carbonyl (C=O) groups is 1. The quantitative estimate of drug-likeness (QED) is 0.194. The molecule has 0 saturated heterocycles. The molecule has 0 aromatic carbocycles. The van der Waals surface area contributed by atoms with Gasteiger partial charge in [-0.2, -0.15) is 5.10 Å². The molecule has 0 amide bonds. The van der Waals surface area contributed by atoms with Gasteiger partial charge in [0.25, 0.3) is 0 Å². The maximum absolute atomic E-state index is 10.4. The van der Waals surface area contributed by atoms with Gasteiger partial charge in [0, 0.05) is 26.9 Å². The number of nitrogens with zero attached hydrogens (tertiary/aromatic N) is 2. The van der Waals surface area contributed by atoms with E-state index in [1.165, 1.54) is 24.8 Å². The summed E-state index contributed by atoms with van der Waals surface area (Å²) in [5, 5.41) is 19.1. The van der Waals surface area contributed by atoms with Crippen molar-refractivity contribution in [3.8, 4) is 10.6 Å². The minimum absolute atomic E-state index is 0.250. The number of aromatic nitrogens is 2. The van der Waals surface area contributed by atoms with E-state index in [1.807, 2.05) is 70.4 Å². The van der Waals surface area contributed by atoms with Crippen molar-refractivity contribution in [3.05, 3.63) is 53.3 Å². The van der Waals surface area contributed by atoms with Crippen LogP contribution in [0.15, 0.2) is 48.4 Å². The van der Waals surface area contributed by atoms with Crippen LogP contribution in [0.2, 0.25) is 0 Å². The molecule has 0 fully saturated rings. The number of nitrogens with one attached hydrogen (secondary N) is 1. The number of methoxy groups -OCH3 is 1. The molecular weight excluding hydrogens is 438 g/mol. The molecule has 0 aliphatic carbocycles. The number of carbonyl (C=O) groups excluding carboxylic acids is 1. The molecule has 2 rings (SSSR count). The lowest BCUT2D eigenvalue weighted by Gasteiger charge is -1.96. The molecule has 0 aliphatic rings. The van der Waals surface area contributed by atoms with E-state index in [9.17, 15) is 4.79 Å². The number of hydrogen-bond acceptors (Lipinski definition) is 7. The largest absolute Gasteiger partial charge is 0.497 e. The summed E-state index contributed by atoms with van der Waals surface area (Å²) < 4.78 is 6.75. The van der Waals surface area contributed by atoms with Crippen LogP contribution in [0.3, 0.4) is 0 Å². The zero-order valence-corrected chi connectivity index (χ0v) is 23.1. The molecule has 0 aliphatic heterocycles. The maximum atomic E-state index is 10.4. The number of ether oxygens (including phenoxy) is 1. The van der Waals surface area contributed by atoms with Crippen molar-refractivity contribution in [1.82, 2.24) is 15.3 Å². The second-order valence-corrected chi connectivity index (χ2v) is 6.78. The number of thiophene rings is 1. The Kier molecular flexibility index (Phi) is 36.8. The van der Waals surface area contributed by atoms with Crippen LogP contribution in [0.4, 0.5) is 0 Å². The van der Waals surface area contributed by atoms with E-state index < -0.39 is 0 Å². The molecule has 192 valence electrons. The topological polar surface area (TPSA) is 96.6 Å². The van der Waals surface area contributed by atoms with Crippen LogP contribution in [0.5, 0.6) is 0 Å². The lowest BCUT2D eigenvalue weighted by molar-refractivity contribution is 0.112. The van der Waals surface area contributed by atoms with Gasteiger partial charge in [0.05, 0.1) is 16.9 Å². The van der Waals surface area contributed by atoms with Crippen LogP contribution in [0, 0.1) is 0 Å². The third-order valence-corrected chi connectivity index (χ3v) is 3.71. The minimum atomic E-state index is 0.250. The summed E-state index contributed by atoms with van der Waals surface area (Å²) in [5.74, 6) is 0.944. The standard InChI is InChI=1S/C9H8N2OS.C8H14O.C3H8.C2H6O.C2H6.CH5NO/c1-11-5-4-8(10-11)9-3-2-7(6-12)13-9;1-4-6-8(9-3)7-5-2;1-3-2;1-2-3;1-2;1-2-3/h2-6H,1H3;4,6-7H,5H2,1-3H3;3H2,1-2H3;3H,2H2,1H3;1-2H3;2-3H,1H3/b;6-4-,8-7+;;;;. The highest BCUT2D eigenvalue weighted by Gasteiger charge is 2.04. The van der Waals surface area contributed by atoms with Crippen molar-refractivity contribution in [3.63, 3.8) is 0 Å². The van der Waals surface area contributed by atoms with Crippen molar-refractivity contribution >= 4 is 17.6 Å². The first kappa shape index (κ1) is 38.0. The zero-order valence-electron chi connectivity index (χ0n) is 22.3. The Morgan fingerprint density at radius 2 is 1.73 bits per heavy atom. The fourth-order valence-electron chi connectivity index (χ4n) is 1.69. The maximum Gasteiger partial charge on any atom is 0.160 e. The first-order chi connectivity index (χ1) is 15.9. The van der Waals surface area contributed by atoms with Crippen molar-refractivity contribution < 1.29 is 19.8 Å². The molecule has 3 N–H and O–H groups in total. The van der Waals surface area contributed by atoms with Crippen LogP contribution in [0.1, 0.15) is 71.0 Å². The van der Waals surface area contributed by atoms with Gasteiger partial charge < -0.3 is 15.1 Å². The van der Waals surface area contributed by atoms with E-state index in [2.05, 4.69) is 25.9 Å². The molecule has 0 unspecified atom stereocenters. The summed E-state index contributed by atoms with van der Waals surface area (Å²) in [6.07, 6.45) is 11.0. The molecule has 2 heterocycles. The number of rotatable bonds is 5. The highest BCUT2D eigenvalue weighted by atomic mass is 32.1. The van der Waals surface area contributed by atoms with Crippen LogP contribution in [-0.2, 0) is 11.8 Å². The smallest absolute Gasteiger partial charge is 0.160 e. The van der Waals surface area contributed by atoms with Gasteiger partial charge in [-0.15, -0.1) is 11.3 Å². The van der Waals surface area contributed by atoms with Crippen molar-refractivity contribution in [2.75, 3.05) is 20.8 Å². The Morgan fingerprint density at radius 1 is 1.21 bits per heavy atom. The average Bonchev–Trinajstić information content (AvgIpc) is 3.46. The Bertz CT molecular complexity index is 691. The fraction of sp³-hybridized carbons (Fsp3) is 0.520. The summed E-state index contributed by atoms with van der Waals surface area (Å²) in [6, 6.07) is 5.65. The highest BCUT2D eigenvalue weighted by molar-refractivity contribution is 7.17. The Balaban J connectivity index is -0.000000184. The zero-order chi connectivity index (χ0) is 26.5. The molecule has 0 radical (unpaired) electrons. The molecule has 33 heavy (non-hydrogen) atoms. The molecule has 0 atom stereocenters. The summed E-state index contributed by atoms with van der Waals surface area (Å²) >= 11 is 1.46. The van der Waals surface area contributed by atoms with Gasteiger partial charge in [0.15, 0.2) is 6.29 Å². The summed E-state index contributed by atoms with van der Waals surface area (Å²) in [5.41, 5.74) is 2.67. The van der Waals surface area contributed by atoms with Crippen LogP contribution < -0.4 is 5.48 Å². The van der Waals surface area contributed by atoms with Gasteiger partial charge >= 0.3 is 0 Å². The number of aliphatic hydroxyl groups excluding tert-OH is 1. The number of aliphatic hydroxyl groups is 1. The predicted molar refractivity (Wildman–Crippen MR) is 143 cm³/mol. The Morgan fingerprint density at radius 3 is 2.03 bits per heavy atom. The number of allylic oxidation sites excluding steroid dienone is 3. The first-order valence-corrected chi connectivity index (χ1v) is 12.0. The summed E-state index contributed by atoms with van der Waals surface area (Å²) in [4.78, 5) is 12.2. The van der Waals surface area contributed by atoms with Crippen molar-refractivity contribution in [2.45, 2.75) is 61.3 Å². The minimum Gasteiger partial charge on any atom is -0.497 e. The van der Waals surface area contributed by atoms with E-state index in [0.717, 1.165) is 33.9 Å². The van der Waals surface area contributed by atoms with Crippen molar-refractivity contribution in [2.24, 2.45) is 7.05 Å². The van der Waals surface area contributed by atoms with E-state index >= 15 is 0 Å². The number of aryl methyl sites for hydroxylation is 1. The van der Waals surface area contributed by atoms with Crippen molar-refractivity contribution in [1.29, 1.82) is 0 Å². The number of aldehydes is 1. The molecule has 2 aromatic heterocycles.